The van der Waals surface area contributed by atoms with Crippen molar-refractivity contribution in [3.05, 3.63) is 29.8 Å². The molecule has 172 valence electrons. The maximum atomic E-state index is 4.70. The molecule has 0 atom stereocenters. The van der Waals surface area contributed by atoms with Crippen molar-refractivity contribution < 1.29 is 0 Å². The molecular formula is C29H45NS. The van der Waals surface area contributed by atoms with Crippen molar-refractivity contribution >= 4 is 23.1 Å². The van der Waals surface area contributed by atoms with Crippen LogP contribution in [0.15, 0.2) is 29.3 Å². The van der Waals surface area contributed by atoms with Crippen LogP contribution in [0.1, 0.15) is 128 Å². The van der Waals surface area contributed by atoms with Crippen LogP contribution < -0.4 is 0 Å². The first-order chi connectivity index (χ1) is 15.3. The number of aliphatic imine (C=N–C) groups is 1. The maximum absolute atomic E-state index is 4.70. The van der Waals surface area contributed by atoms with Gasteiger partial charge in [0.15, 0.2) is 0 Å². The summed E-state index contributed by atoms with van der Waals surface area (Å²) in [5.41, 5.74) is 2.42. The van der Waals surface area contributed by atoms with E-state index in [1.165, 1.54) is 115 Å². The number of isothiocyanates is 1. The highest BCUT2D eigenvalue weighted by atomic mass is 32.1. The van der Waals surface area contributed by atoms with Crippen LogP contribution in [0.25, 0.3) is 0 Å². The lowest BCUT2D eigenvalue weighted by molar-refractivity contribution is 0.222. The summed E-state index contributed by atoms with van der Waals surface area (Å²) >= 11 is 4.70. The van der Waals surface area contributed by atoms with Gasteiger partial charge in [-0.05, 0) is 79.3 Å². The van der Waals surface area contributed by atoms with Crippen molar-refractivity contribution in [2.24, 2.45) is 22.7 Å². The van der Waals surface area contributed by atoms with E-state index in [9.17, 15) is 0 Å². The molecule has 2 saturated carbocycles. The van der Waals surface area contributed by atoms with Gasteiger partial charge in [-0.25, -0.2) is 0 Å². The van der Waals surface area contributed by atoms with E-state index in [4.69, 9.17) is 12.2 Å². The summed E-state index contributed by atoms with van der Waals surface area (Å²) in [5.74, 6) is 3.82. The second kappa shape index (κ2) is 14.2. The molecule has 0 bridgehead atoms. The molecule has 31 heavy (non-hydrogen) atoms. The lowest BCUT2D eigenvalue weighted by Crippen LogP contribution is -2.17. The first kappa shape index (κ1) is 24.7. The highest BCUT2D eigenvalue weighted by molar-refractivity contribution is 7.78. The number of hydrogen-bond acceptors (Lipinski definition) is 2. The number of thiocarbonyl (C=S) groups is 1. The Hall–Kier alpha value is -0.980. The van der Waals surface area contributed by atoms with Crippen molar-refractivity contribution in [2.45, 2.75) is 122 Å². The number of nitrogens with zero attached hydrogens (tertiary/aromatic N) is 1. The van der Waals surface area contributed by atoms with E-state index in [1.54, 1.807) is 0 Å². The Morgan fingerprint density at radius 3 is 1.81 bits per heavy atom. The first-order valence-corrected chi connectivity index (χ1v) is 13.9. The summed E-state index contributed by atoms with van der Waals surface area (Å²) in [4.78, 5) is 4.07. The van der Waals surface area contributed by atoms with Gasteiger partial charge in [0, 0.05) is 0 Å². The normalized spacial score (nSPS) is 26.4. The molecular weight excluding hydrogens is 394 g/mol. The molecule has 0 unspecified atom stereocenters. The van der Waals surface area contributed by atoms with Gasteiger partial charge >= 0.3 is 0 Å². The van der Waals surface area contributed by atoms with E-state index in [1.807, 2.05) is 0 Å². The highest BCUT2D eigenvalue weighted by Gasteiger charge is 2.25. The monoisotopic (exact) mass is 439 g/mol. The van der Waals surface area contributed by atoms with Crippen molar-refractivity contribution in [3.8, 4) is 0 Å². The molecule has 2 aliphatic carbocycles. The molecule has 1 aromatic rings. The van der Waals surface area contributed by atoms with Gasteiger partial charge in [0.1, 0.15) is 0 Å². The molecule has 0 aliphatic heterocycles. The fourth-order valence-electron chi connectivity index (χ4n) is 6.15. The number of hydrogen-bond donors (Lipinski definition) is 0. The van der Waals surface area contributed by atoms with E-state index in [-0.39, 0.29) is 0 Å². The minimum atomic E-state index is 0.749. The first-order valence-electron chi connectivity index (χ1n) is 13.5. The van der Waals surface area contributed by atoms with Crippen LogP contribution in [0.2, 0.25) is 0 Å². The smallest absolute Gasteiger partial charge is 0.0739 e. The molecule has 0 aromatic heterocycles. The van der Waals surface area contributed by atoms with Gasteiger partial charge in [-0.3, -0.25) is 0 Å². The molecule has 1 nitrogen and oxygen atoms in total. The van der Waals surface area contributed by atoms with E-state index in [0.717, 1.165) is 29.4 Å². The number of rotatable bonds is 12. The van der Waals surface area contributed by atoms with Crippen LogP contribution in [0.5, 0.6) is 0 Å². The quantitative estimate of drug-likeness (QED) is 0.179. The van der Waals surface area contributed by atoms with Crippen LogP contribution in [0.3, 0.4) is 0 Å². The average molecular weight is 440 g/mol. The van der Waals surface area contributed by atoms with Crippen molar-refractivity contribution in [2.75, 3.05) is 0 Å². The van der Waals surface area contributed by atoms with Gasteiger partial charge in [0.25, 0.3) is 0 Å². The Labute approximate surface area is 197 Å². The number of unbranched alkanes of at least 4 members (excludes halogenated alkanes) is 5. The second-order valence-electron chi connectivity index (χ2n) is 10.5. The van der Waals surface area contributed by atoms with Crippen molar-refractivity contribution in [1.29, 1.82) is 0 Å². The lowest BCUT2D eigenvalue weighted by atomic mass is 9.74. The molecule has 3 rings (SSSR count). The Morgan fingerprint density at radius 2 is 1.23 bits per heavy atom. The summed E-state index contributed by atoms with van der Waals surface area (Å²) in [7, 11) is 0. The molecule has 0 N–H and O–H groups in total. The molecule has 0 spiro atoms. The van der Waals surface area contributed by atoms with Gasteiger partial charge in [-0.15, -0.1) is 0 Å². The van der Waals surface area contributed by atoms with Crippen LogP contribution in [0.4, 0.5) is 5.69 Å². The standard InChI is InChI=1S/C29H45NS/c1-2-3-4-5-6-7-8-24-9-11-25(12-10-24)13-14-26-15-17-27(18-16-26)28-19-21-29(22-20-28)30-23-31/h19-22,24-27H,2-18H2,1H3. The maximum Gasteiger partial charge on any atom is 0.0739 e. The minimum Gasteiger partial charge on any atom is -0.195 e. The lowest BCUT2D eigenvalue weighted by Gasteiger charge is -2.32. The number of benzene rings is 1. The molecule has 2 fully saturated rings. The van der Waals surface area contributed by atoms with Crippen molar-refractivity contribution in [1.82, 2.24) is 0 Å². The minimum absolute atomic E-state index is 0.749. The second-order valence-corrected chi connectivity index (χ2v) is 10.7. The molecule has 0 heterocycles. The highest BCUT2D eigenvalue weighted by Crippen LogP contribution is 2.40. The van der Waals surface area contributed by atoms with Crippen LogP contribution in [0, 0.1) is 17.8 Å². The summed E-state index contributed by atoms with van der Waals surface area (Å²) in [5, 5.41) is 2.46. The zero-order valence-electron chi connectivity index (χ0n) is 20.0. The van der Waals surface area contributed by atoms with E-state index in [0.29, 0.717) is 0 Å². The molecule has 2 aliphatic rings. The fraction of sp³-hybridized carbons (Fsp3) is 0.759. The van der Waals surface area contributed by atoms with Gasteiger partial charge in [-0.2, -0.15) is 4.99 Å². The van der Waals surface area contributed by atoms with Gasteiger partial charge < -0.3 is 0 Å². The third-order valence-corrected chi connectivity index (χ3v) is 8.39. The summed E-state index contributed by atoms with van der Waals surface area (Å²) in [6.07, 6.45) is 24.9. The van der Waals surface area contributed by atoms with Crippen LogP contribution in [-0.2, 0) is 0 Å². The fourth-order valence-corrected chi connectivity index (χ4v) is 6.26. The van der Waals surface area contributed by atoms with E-state index < -0.39 is 0 Å². The molecule has 0 saturated heterocycles. The van der Waals surface area contributed by atoms with Crippen LogP contribution in [-0.4, -0.2) is 5.16 Å². The molecule has 0 radical (unpaired) electrons. The zero-order chi connectivity index (χ0) is 21.7. The van der Waals surface area contributed by atoms with E-state index >= 15 is 0 Å². The third kappa shape index (κ3) is 8.82. The largest absolute Gasteiger partial charge is 0.195 e. The predicted molar refractivity (Wildman–Crippen MR) is 139 cm³/mol. The Balaban J connectivity index is 1.25. The topological polar surface area (TPSA) is 12.4 Å². The van der Waals surface area contributed by atoms with Crippen LogP contribution >= 0.6 is 12.2 Å². The van der Waals surface area contributed by atoms with Crippen molar-refractivity contribution in [3.63, 3.8) is 0 Å². The Kier molecular flexibility index (Phi) is 11.3. The summed E-state index contributed by atoms with van der Waals surface area (Å²) in [6, 6.07) is 8.67. The summed E-state index contributed by atoms with van der Waals surface area (Å²) in [6.45, 7) is 2.31. The van der Waals surface area contributed by atoms with Gasteiger partial charge in [-0.1, -0.05) is 103 Å². The van der Waals surface area contributed by atoms with Gasteiger partial charge in [0.2, 0.25) is 0 Å². The Morgan fingerprint density at radius 1 is 0.710 bits per heavy atom. The average Bonchev–Trinajstić information content (AvgIpc) is 2.82. The summed E-state index contributed by atoms with van der Waals surface area (Å²) < 4.78 is 0. The Bertz CT molecular complexity index is 644. The molecule has 1 aromatic carbocycles. The molecule has 0 amide bonds. The predicted octanol–water partition coefficient (Wildman–Crippen LogP) is 10.0. The van der Waals surface area contributed by atoms with Gasteiger partial charge in [0.05, 0.1) is 10.8 Å². The SMILES string of the molecule is CCCCCCCCC1CCC(CCC2CCC(c3ccc(N=C=S)cc3)CC2)CC1. The third-order valence-electron chi connectivity index (χ3n) is 8.30. The van der Waals surface area contributed by atoms with E-state index in [2.05, 4.69) is 41.3 Å². The zero-order valence-corrected chi connectivity index (χ0v) is 20.8. The molecule has 2 heteroatoms.